The van der Waals surface area contributed by atoms with Gasteiger partial charge in [0.05, 0.1) is 0 Å². The third kappa shape index (κ3) is 4.03. The van der Waals surface area contributed by atoms with Crippen LogP contribution in [0.4, 0.5) is 30.8 Å². The van der Waals surface area contributed by atoms with Gasteiger partial charge in [-0.1, -0.05) is 18.2 Å². The number of aromatic nitrogens is 4. The average molecular weight is 361 g/mol. The van der Waals surface area contributed by atoms with Gasteiger partial charge < -0.3 is 16.8 Å². The lowest BCUT2D eigenvalue weighted by Gasteiger charge is -2.10. The number of anilines is 3. The Kier molecular flexibility index (Phi) is 4.67. The fraction of sp³-hybridized carbons (Fsp3) is 0.125. The van der Waals surface area contributed by atoms with E-state index in [2.05, 4.69) is 25.3 Å². The number of pyridine rings is 1. The number of hydrogen-bond donors (Lipinski definition) is 3. The topological polar surface area (TPSA) is 116 Å². The molecule has 5 N–H and O–H groups in total. The van der Waals surface area contributed by atoms with E-state index in [9.17, 15) is 13.2 Å². The van der Waals surface area contributed by atoms with E-state index >= 15 is 0 Å². The van der Waals surface area contributed by atoms with Crippen LogP contribution in [-0.4, -0.2) is 19.9 Å². The number of nitrogens with two attached hydrogens (primary N) is 2. The molecule has 3 aromatic rings. The quantitative estimate of drug-likeness (QED) is 0.654. The van der Waals surface area contributed by atoms with Crippen molar-refractivity contribution >= 4 is 17.6 Å². The van der Waals surface area contributed by atoms with Gasteiger partial charge in [0.1, 0.15) is 5.69 Å². The second-order valence-electron chi connectivity index (χ2n) is 5.30. The van der Waals surface area contributed by atoms with Crippen molar-refractivity contribution in [2.45, 2.75) is 12.7 Å². The standard InChI is InChI=1S/C16H14F3N7/c17-16(18,19)12-7-11(4-5-22-12)23-15-25-13(24-14(21)26-15)10-3-1-2-9(6-10)8-20/h1-7H,8,20H2,(H3,21,22,23,24,25,26). The van der Waals surface area contributed by atoms with Crippen LogP contribution in [0.3, 0.4) is 0 Å². The van der Waals surface area contributed by atoms with E-state index in [-0.39, 0.29) is 23.4 Å². The zero-order valence-corrected chi connectivity index (χ0v) is 13.3. The van der Waals surface area contributed by atoms with Gasteiger partial charge in [-0.2, -0.15) is 28.1 Å². The molecule has 2 aromatic heterocycles. The summed E-state index contributed by atoms with van der Waals surface area (Å²) in [5.74, 6) is 0.228. The van der Waals surface area contributed by atoms with Gasteiger partial charge in [0.2, 0.25) is 11.9 Å². The van der Waals surface area contributed by atoms with Crippen molar-refractivity contribution < 1.29 is 13.2 Å². The second kappa shape index (κ2) is 6.92. The fourth-order valence-corrected chi connectivity index (χ4v) is 2.21. The van der Waals surface area contributed by atoms with E-state index in [1.165, 1.54) is 6.07 Å². The maximum absolute atomic E-state index is 12.8. The van der Waals surface area contributed by atoms with Crippen LogP contribution in [0.15, 0.2) is 42.6 Å². The first kappa shape index (κ1) is 17.5. The predicted molar refractivity (Wildman–Crippen MR) is 90.1 cm³/mol. The van der Waals surface area contributed by atoms with Gasteiger partial charge in [0, 0.05) is 24.0 Å². The normalized spacial score (nSPS) is 11.4. The summed E-state index contributed by atoms with van der Waals surface area (Å²) in [6.07, 6.45) is -3.51. The molecule has 26 heavy (non-hydrogen) atoms. The Balaban J connectivity index is 1.93. The lowest BCUT2D eigenvalue weighted by Crippen LogP contribution is -2.09. The summed E-state index contributed by atoms with van der Waals surface area (Å²) in [6.45, 7) is 0.344. The van der Waals surface area contributed by atoms with Crippen molar-refractivity contribution in [2.75, 3.05) is 11.1 Å². The van der Waals surface area contributed by atoms with Crippen molar-refractivity contribution in [2.24, 2.45) is 5.73 Å². The summed E-state index contributed by atoms with van der Waals surface area (Å²) in [4.78, 5) is 15.5. The van der Waals surface area contributed by atoms with Crippen molar-refractivity contribution in [3.05, 3.63) is 53.9 Å². The monoisotopic (exact) mass is 361 g/mol. The number of rotatable bonds is 4. The Hall–Kier alpha value is -3.27. The molecule has 7 nitrogen and oxygen atoms in total. The molecule has 10 heteroatoms. The second-order valence-corrected chi connectivity index (χ2v) is 5.30. The summed E-state index contributed by atoms with van der Waals surface area (Å²) in [5, 5.41) is 2.69. The molecule has 1 aromatic carbocycles. The Morgan fingerprint density at radius 3 is 2.58 bits per heavy atom. The molecule has 0 aliphatic rings. The molecule has 0 radical (unpaired) electrons. The number of halogens is 3. The molecule has 3 rings (SSSR count). The van der Waals surface area contributed by atoms with Crippen LogP contribution < -0.4 is 16.8 Å². The van der Waals surface area contributed by atoms with Crippen LogP contribution in [0.2, 0.25) is 0 Å². The third-order valence-electron chi connectivity index (χ3n) is 3.38. The van der Waals surface area contributed by atoms with Gasteiger partial charge in [-0.3, -0.25) is 4.98 Å². The number of hydrogen-bond acceptors (Lipinski definition) is 7. The highest BCUT2D eigenvalue weighted by Gasteiger charge is 2.32. The molecule has 2 heterocycles. The van der Waals surface area contributed by atoms with Crippen LogP contribution in [-0.2, 0) is 12.7 Å². The van der Waals surface area contributed by atoms with E-state index in [0.717, 1.165) is 17.8 Å². The minimum Gasteiger partial charge on any atom is -0.368 e. The fourth-order valence-electron chi connectivity index (χ4n) is 2.21. The molecule has 0 unspecified atom stereocenters. The Morgan fingerprint density at radius 2 is 1.85 bits per heavy atom. The minimum absolute atomic E-state index is 0.0185. The molecule has 0 spiro atoms. The Labute approximate surface area is 146 Å². The molecule has 134 valence electrons. The highest BCUT2D eigenvalue weighted by atomic mass is 19.4. The third-order valence-corrected chi connectivity index (χ3v) is 3.38. The van der Waals surface area contributed by atoms with Gasteiger partial charge in [0.15, 0.2) is 5.82 Å². The first-order chi connectivity index (χ1) is 12.3. The lowest BCUT2D eigenvalue weighted by atomic mass is 10.1. The molecule has 0 amide bonds. The van der Waals surface area contributed by atoms with Crippen molar-refractivity contribution in [3.8, 4) is 11.4 Å². The smallest absolute Gasteiger partial charge is 0.368 e. The van der Waals surface area contributed by atoms with E-state index < -0.39 is 11.9 Å². The van der Waals surface area contributed by atoms with Crippen LogP contribution >= 0.6 is 0 Å². The molecular formula is C16H14F3N7. The van der Waals surface area contributed by atoms with Crippen LogP contribution in [0.25, 0.3) is 11.4 Å². The molecule has 0 bridgehead atoms. The van der Waals surface area contributed by atoms with E-state index in [1.807, 2.05) is 6.07 Å². The minimum atomic E-state index is -4.55. The van der Waals surface area contributed by atoms with Crippen molar-refractivity contribution in [1.82, 2.24) is 19.9 Å². The first-order valence-electron chi connectivity index (χ1n) is 7.46. The summed E-state index contributed by atoms with van der Waals surface area (Å²) in [7, 11) is 0. The lowest BCUT2D eigenvalue weighted by molar-refractivity contribution is -0.141. The van der Waals surface area contributed by atoms with Gasteiger partial charge in [-0.05, 0) is 23.8 Å². The van der Waals surface area contributed by atoms with E-state index in [0.29, 0.717) is 12.1 Å². The van der Waals surface area contributed by atoms with E-state index in [1.54, 1.807) is 18.2 Å². The SMILES string of the molecule is NCc1cccc(-c2nc(N)nc(Nc3ccnc(C(F)(F)F)c3)n2)c1. The van der Waals surface area contributed by atoms with Crippen molar-refractivity contribution in [1.29, 1.82) is 0 Å². The number of nitrogen functional groups attached to an aromatic ring is 1. The average Bonchev–Trinajstić information content (AvgIpc) is 2.61. The summed E-state index contributed by atoms with van der Waals surface area (Å²) < 4.78 is 38.3. The molecule has 0 aliphatic heterocycles. The summed E-state index contributed by atoms with van der Waals surface area (Å²) in [6, 6.07) is 9.43. The van der Waals surface area contributed by atoms with Gasteiger partial charge in [0.25, 0.3) is 0 Å². The van der Waals surface area contributed by atoms with Gasteiger partial charge >= 0.3 is 6.18 Å². The largest absolute Gasteiger partial charge is 0.433 e. The molecule has 0 atom stereocenters. The molecule has 0 fully saturated rings. The summed E-state index contributed by atoms with van der Waals surface area (Å²) >= 11 is 0. The van der Waals surface area contributed by atoms with Crippen LogP contribution in [0.5, 0.6) is 0 Å². The summed E-state index contributed by atoms with van der Waals surface area (Å²) in [5.41, 5.74) is 12.0. The molecule has 0 saturated carbocycles. The number of nitrogens with one attached hydrogen (secondary N) is 1. The number of nitrogens with zero attached hydrogens (tertiary/aromatic N) is 4. The zero-order chi connectivity index (χ0) is 18.7. The zero-order valence-electron chi connectivity index (χ0n) is 13.3. The van der Waals surface area contributed by atoms with Gasteiger partial charge in [-0.15, -0.1) is 0 Å². The van der Waals surface area contributed by atoms with Crippen molar-refractivity contribution in [3.63, 3.8) is 0 Å². The predicted octanol–water partition coefficient (Wildman–Crippen LogP) is 2.74. The maximum Gasteiger partial charge on any atom is 0.433 e. The van der Waals surface area contributed by atoms with Crippen LogP contribution in [0, 0.1) is 0 Å². The molecule has 0 aliphatic carbocycles. The van der Waals surface area contributed by atoms with E-state index in [4.69, 9.17) is 11.5 Å². The highest BCUT2D eigenvalue weighted by molar-refractivity contribution is 5.61. The molecular weight excluding hydrogens is 347 g/mol. The number of alkyl halides is 3. The maximum atomic E-state index is 12.8. The first-order valence-corrected chi connectivity index (χ1v) is 7.46. The Morgan fingerprint density at radius 1 is 1.04 bits per heavy atom. The van der Waals surface area contributed by atoms with Gasteiger partial charge in [-0.25, -0.2) is 0 Å². The molecule has 0 saturated heterocycles. The number of benzene rings is 1. The van der Waals surface area contributed by atoms with Crippen LogP contribution in [0.1, 0.15) is 11.3 Å². The highest BCUT2D eigenvalue weighted by Crippen LogP contribution is 2.29. The Bertz CT molecular complexity index is 928.